The van der Waals surface area contributed by atoms with Crippen LogP contribution in [-0.4, -0.2) is 165 Å². The summed E-state index contributed by atoms with van der Waals surface area (Å²) in [4.78, 5) is 141. The summed E-state index contributed by atoms with van der Waals surface area (Å²) in [6.45, 7) is 21.1. The Morgan fingerprint density at radius 2 is 1.21 bits per heavy atom. The summed E-state index contributed by atoms with van der Waals surface area (Å²) in [6, 6.07) is 9.39. The number of nitrogens with one attached hydrogen (secondary N) is 1. The molecule has 2 aromatic rings. The Morgan fingerprint density at radius 3 is 1.75 bits per heavy atom. The van der Waals surface area contributed by atoms with E-state index in [1.165, 1.54) is 54.6 Å². The summed E-state index contributed by atoms with van der Waals surface area (Å²) in [5.41, 5.74) is -0.483. The van der Waals surface area contributed by atoms with Gasteiger partial charge in [0.15, 0.2) is 23.7 Å². The van der Waals surface area contributed by atoms with Gasteiger partial charge >= 0.3 is 5.97 Å². The van der Waals surface area contributed by atoms with Crippen molar-refractivity contribution < 1.29 is 53.0 Å². The number of halogens is 1. The molecular formula is C62H93IN6O11. The second kappa shape index (κ2) is 29.7. The van der Waals surface area contributed by atoms with E-state index in [0.717, 1.165) is 14.0 Å². The van der Waals surface area contributed by atoms with E-state index in [2.05, 4.69) is 27.9 Å². The Morgan fingerprint density at radius 1 is 0.650 bits per heavy atom. The molecular weight excluding hydrogens is 1130 g/mol. The summed E-state index contributed by atoms with van der Waals surface area (Å²) >= 11 is 2.19. The van der Waals surface area contributed by atoms with Crippen molar-refractivity contribution in [2.75, 3.05) is 34.7 Å². The number of amides is 6. The first-order valence-electron chi connectivity index (χ1n) is 28.8. The van der Waals surface area contributed by atoms with Crippen LogP contribution in [0.25, 0.3) is 0 Å². The summed E-state index contributed by atoms with van der Waals surface area (Å²) in [5.74, 6) is -9.27. The van der Waals surface area contributed by atoms with Crippen LogP contribution in [0.3, 0.4) is 0 Å². The molecule has 18 heteroatoms. The summed E-state index contributed by atoms with van der Waals surface area (Å²) in [6.07, 6.45) is -0.0440. The largest absolute Gasteiger partial charge is 0.450 e. The van der Waals surface area contributed by atoms with Crippen molar-refractivity contribution in [1.82, 2.24) is 29.8 Å². The van der Waals surface area contributed by atoms with E-state index in [4.69, 9.17) is 4.74 Å². The number of carbonyl (C=O) groups is 9. The smallest absolute Gasteiger partial charge is 0.332 e. The van der Waals surface area contributed by atoms with Crippen molar-refractivity contribution in [3.05, 3.63) is 69.3 Å². The van der Waals surface area contributed by atoms with Gasteiger partial charge in [0.2, 0.25) is 29.5 Å². The molecule has 2 aliphatic rings. The number of Topliss-reactive ketones (excluding diaryl/α,β-unsaturated/α-hetero) is 2. The van der Waals surface area contributed by atoms with Gasteiger partial charge in [0.25, 0.3) is 5.91 Å². The molecule has 0 saturated carbocycles. The van der Waals surface area contributed by atoms with Crippen molar-refractivity contribution in [1.29, 1.82) is 0 Å². The molecule has 2 aliphatic heterocycles. The Hall–Kier alpha value is -5.24. The SMILES string of the molecule is CCC(C)[C@@H]1CC(=O)[C@@H]2CCCN2C(=O)C(Cc2ccc(I)cc2)N(C)C(=O)[C@H](Cc2ccccc2)NC(=O)[C@H](C(C)C)N(C)C(=O)[C@@H](C(C)CC)OC(=O)[C@H](C(C)(C)O)N(C)C(=O)[C@H](CC(C)C)CC(=O)[C@H](C(C)C)N(C)C1=O. The second-order valence-corrected chi connectivity index (χ2v) is 25.7. The van der Waals surface area contributed by atoms with Gasteiger partial charge in [-0.25, -0.2) is 4.79 Å². The average molecular weight is 1230 g/mol. The molecule has 2 N–H and O–H groups in total. The molecule has 2 heterocycles. The predicted octanol–water partition coefficient (Wildman–Crippen LogP) is 7.16. The van der Waals surface area contributed by atoms with Gasteiger partial charge in [0.05, 0.1) is 17.7 Å². The molecule has 2 saturated heterocycles. The molecule has 4 rings (SSSR count). The minimum atomic E-state index is -1.94. The number of cyclic esters (lactones) is 1. The van der Waals surface area contributed by atoms with Crippen LogP contribution in [0.2, 0.25) is 0 Å². The number of esters is 1. The minimum absolute atomic E-state index is 0.00589. The standard InChI is InChI=1S/C62H93IN6O11/c1-17-39(9)45-35-49(70)47-25-22-30-69(47)59(76)48(33-42-26-28-44(63)29-27-42)65(13)58(75)46(32-41-23-20-19-21-24-41)64-55(72)52(38(7)8)67(15)60(77)53(40(10)18-2)80-61(78)54(62(11,12)79)68(16)56(73)43(31-36(3)4)34-50(71)51(37(5)6)66(14)57(45)74/h19-21,23-24,26-29,36-40,43,45-48,51-54,79H,17-18,22,25,30-35H2,1-16H3,(H,64,72)/t39?,40?,43-,45+,46+,47+,48?,51+,52+,53-,54-/m1/s1. The summed E-state index contributed by atoms with van der Waals surface area (Å²) < 4.78 is 7.09. The van der Waals surface area contributed by atoms with Gasteiger partial charge < -0.3 is 39.7 Å². The lowest BCUT2D eigenvalue weighted by atomic mass is 9.82. The number of fused-ring (bicyclic) bond motifs is 1. The van der Waals surface area contributed by atoms with E-state index in [-0.39, 0.29) is 56.3 Å². The Balaban J connectivity index is 1.98. The lowest BCUT2D eigenvalue weighted by molar-refractivity contribution is -0.178. The fourth-order valence-electron chi connectivity index (χ4n) is 11.7. The van der Waals surface area contributed by atoms with Gasteiger partial charge in [-0.15, -0.1) is 0 Å². The number of nitrogens with zero attached hydrogens (tertiary/aromatic N) is 5. The molecule has 3 unspecified atom stereocenters. The summed E-state index contributed by atoms with van der Waals surface area (Å²) in [7, 11) is 5.84. The van der Waals surface area contributed by atoms with Gasteiger partial charge in [-0.05, 0) is 109 Å². The maximum absolute atomic E-state index is 15.4. The number of aliphatic hydroxyl groups is 1. The normalized spacial score (nSPS) is 26.5. The molecule has 80 heavy (non-hydrogen) atoms. The highest BCUT2D eigenvalue weighted by atomic mass is 127. The molecule has 11 atom stereocenters. The van der Waals surface area contributed by atoms with Gasteiger partial charge in [0.1, 0.15) is 18.1 Å². The topological polar surface area (TPSA) is 211 Å². The minimum Gasteiger partial charge on any atom is -0.450 e. The van der Waals surface area contributed by atoms with Crippen LogP contribution >= 0.6 is 22.6 Å². The Labute approximate surface area is 490 Å². The quantitative estimate of drug-likeness (QED) is 0.152. The molecule has 0 aromatic heterocycles. The van der Waals surface area contributed by atoms with Crippen molar-refractivity contribution in [2.24, 2.45) is 41.4 Å². The van der Waals surface area contributed by atoms with Crippen LogP contribution in [0.1, 0.15) is 139 Å². The van der Waals surface area contributed by atoms with E-state index in [0.29, 0.717) is 31.2 Å². The number of ketones is 2. The second-order valence-electron chi connectivity index (χ2n) is 24.4. The van der Waals surface area contributed by atoms with Crippen molar-refractivity contribution in [3.8, 4) is 0 Å². The number of benzene rings is 2. The van der Waals surface area contributed by atoms with Gasteiger partial charge in [-0.3, -0.25) is 38.4 Å². The number of ether oxygens (including phenoxy) is 1. The third kappa shape index (κ3) is 16.9. The zero-order chi connectivity index (χ0) is 60.2. The first-order chi connectivity index (χ1) is 37.4. The molecule has 0 bridgehead atoms. The lowest BCUT2D eigenvalue weighted by Gasteiger charge is -2.39. The Bertz CT molecular complexity index is 2480. The highest BCUT2D eigenvalue weighted by molar-refractivity contribution is 14.1. The van der Waals surface area contributed by atoms with E-state index >= 15 is 9.59 Å². The summed E-state index contributed by atoms with van der Waals surface area (Å²) in [5, 5.41) is 14.7. The maximum Gasteiger partial charge on any atom is 0.332 e. The van der Waals surface area contributed by atoms with Crippen LogP contribution in [0, 0.1) is 45.0 Å². The monoisotopic (exact) mass is 1220 g/mol. The van der Waals surface area contributed by atoms with Crippen LogP contribution in [0.5, 0.6) is 0 Å². The van der Waals surface area contributed by atoms with Crippen molar-refractivity contribution in [2.45, 2.75) is 189 Å². The lowest BCUT2D eigenvalue weighted by Crippen LogP contribution is -2.61. The number of hydrogen-bond donors (Lipinski definition) is 2. The van der Waals surface area contributed by atoms with Gasteiger partial charge in [-0.2, -0.15) is 0 Å². The van der Waals surface area contributed by atoms with Crippen LogP contribution in [-0.2, 0) is 60.7 Å². The highest BCUT2D eigenvalue weighted by Crippen LogP contribution is 2.32. The van der Waals surface area contributed by atoms with Crippen LogP contribution < -0.4 is 5.32 Å². The van der Waals surface area contributed by atoms with Crippen LogP contribution in [0.15, 0.2) is 54.6 Å². The Kier molecular flexibility index (Phi) is 24.9. The van der Waals surface area contributed by atoms with Crippen molar-refractivity contribution in [3.63, 3.8) is 0 Å². The maximum atomic E-state index is 15.4. The number of likely N-dealkylation sites (N-methyl/N-ethyl adjacent to an activating group) is 4. The van der Waals surface area contributed by atoms with E-state index in [1.807, 2.05) is 96.1 Å². The molecule has 444 valence electrons. The molecule has 2 aromatic carbocycles. The molecule has 6 amide bonds. The first-order valence-corrected chi connectivity index (χ1v) is 29.9. The van der Waals surface area contributed by atoms with Crippen molar-refractivity contribution >= 4 is 75.6 Å². The molecule has 0 radical (unpaired) electrons. The third-order valence-electron chi connectivity index (χ3n) is 16.5. The van der Waals surface area contributed by atoms with Crippen LogP contribution in [0.4, 0.5) is 0 Å². The average Bonchev–Trinajstić information content (AvgIpc) is 3.90. The number of rotatable bonds is 13. The predicted molar refractivity (Wildman–Crippen MR) is 316 cm³/mol. The van der Waals surface area contributed by atoms with Gasteiger partial charge in [0, 0.05) is 81.7 Å². The number of hydrogen-bond acceptors (Lipinski definition) is 11. The molecule has 0 spiro atoms. The van der Waals surface area contributed by atoms with E-state index in [9.17, 15) is 38.7 Å². The third-order valence-corrected chi connectivity index (χ3v) is 17.3. The fraction of sp³-hybridized carbons (Fsp3) is 0.661. The van der Waals surface area contributed by atoms with E-state index < -0.39 is 125 Å². The first kappa shape index (κ1) is 67.3. The fourth-order valence-corrected chi connectivity index (χ4v) is 12.1. The molecule has 2 fully saturated rings. The highest BCUT2D eigenvalue weighted by Gasteiger charge is 2.48. The number of carbonyl (C=O) groups excluding carboxylic acids is 9. The van der Waals surface area contributed by atoms with E-state index in [1.54, 1.807) is 34.7 Å². The zero-order valence-corrected chi connectivity index (χ0v) is 52.7. The molecule has 0 aliphatic carbocycles. The zero-order valence-electron chi connectivity index (χ0n) is 50.5. The molecule has 17 nitrogen and oxygen atoms in total. The van der Waals surface area contributed by atoms with Gasteiger partial charge in [-0.1, -0.05) is 118 Å².